The van der Waals surface area contributed by atoms with Crippen LogP contribution in [-0.2, 0) is 11.3 Å². The van der Waals surface area contributed by atoms with E-state index in [1.54, 1.807) is 0 Å². The van der Waals surface area contributed by atoms with E-state index < -0.39 is 0 Å². The van der Waals surface area contributed by atoms with Crippen molar-refractivity contribution in [1.82, 2.24) is 10.2 Å². The summed E-state index contributed by atoms with van der Waals surface area (Å²) in [7, 11) is 1.43. The third kappa shape index (κ3) is 4.82. The summed E-state index contributed by atoms with van der Waals surface area (Å²) in [5, 5.41) is 3.43. The van der Waals surface area contributed by atoms with Gasteiger partial charge in [0.25, 0.3) is 0 Å². The van der Waals surface area contributed by atoms with Crippen molar-refractivity contribution in [2.45, 2.75) is 39.3 Å². The number of esters is 1. The number of rotatable bonds is 6. The van der Waals surface area contributed by atoms with Crippen LogP contribution in [0.5, 0.6) is 0 Å². The summed E-state index contributed by atoms with van der Waals surface area (Å²) in [6.07, 6.45) is 2.40. The molecule has 1 heterocycles. The molecule has 0 aromatic heterocycles. The minimum absolute atomic E-state index is 0.265. The van der Waals surface area contributed by atoms with Crippen molar-refractivity contribution in [2.75, 3.05) is 26.7 Å². The molecule has 1 N–H and O–H groups in total. The molecule has 1 aliphatic heterocycles. The van der Waals surface area contributed by atoms with Gasteiger partial charge in [-0.2, -0.15) is 0 Å². The second-order valence-electron chi connectivity index (χ2n) is 6.50. The molecule has 0 aliphatic carbocycles. The van der Waals surface area contributed by atoms with Gasteiger partial charge >= 0.3 is 5.97 Å². The van der Waals surface area contributed by atoms with Crippen LogP contribution in [0.4, 0.5) is 0 Å². The van der Waals surface area contributed by atoms with Gasteiger partial charge in [-0.25, -0.2) is 4.79 Å². The van der Waals surface area contributed by atoms with E-state index in [2.05, 4.69) is 30.1 Å². The van der Waals surface area contributed by atoms with Crippen LogP contribution < -0.4 is 5.32 Å². The zero-order chi connectivity index (χ0) is 15.9. The number of carbonyl (C=O) groups excluding carboxylic acids is 1. The lowest BCUT2D eigenvalue weighted by atomic mass is 10.0. The Morgan fingerprint density at radius 2 is 2.09 bits per heavy atom. The van der Waals surface area contributed by atoms with E-state index in [0.29, 0.717) is 17.5 Å². The molecule has 0 amide bonds. The molecule has 0 saturated carbocycles. The fourth-order valence-electron chi connectivity index (χ4n) is 3.13. The Balaban J connectivity index is 2.10. The topological polar surface area (TPSA) is 41.6 Å². The molecule has 22 heavy (non-hydrogen) atoms. The highest BCUT2D eigenvalue weighted by Crippen LogP contribution is 2.18. The lowest BCUT2D eigenvalue weighted by molar-refractivity contribution is 0.0600. The molecule has 1 aromatic carbocycles. The molecule has 0 unspecified atom stereocenters. The van der Waals surface area contributed by atoms with Gasteiger partial charge in [-0.05, 0) is 49.5 Å². The van der Waals surface area contributed by atoms with E-state index >= 15 is 0 Å². The quantitative estimate of drug-likeness (QED) is 0.821. The Labute approximate surface area is 133 Å². The predicted octanol–water partition coefficient (Wildman–Crippen LogP) is 2.68. The Bertz CT molecular complexity index is 482. The van der Waals surface area contributed by atoms with Gasteiger partial charge in [-0.3, -0.25) is 4.90 Å². The first-order chi connectivity index (χ1) is 10.6. The number of methoxy groups -OCH3 is 1. The molecule has 122 valence electrons. The summed E-state index contributed by atoms with van der Waals surface area (Å²) in [4.78, 5) is 14.3. The molecule has 0 spiro atoms. The van der Waals surface area contributed by atoms with Gasteiger partial charge in [0, 0.05) is 19.1 Å². The second kappa shape index (κ2) is 8.30. The standard InChI is InChI=1S/C18H28N2O2/c1-14(2)12-20(17-7-9-19-10-8-17)13-15-5-4-6-16(11-15)18(21)22-3/h4-6,11,14,17,19H,7-10,12-13H2,1-3H3. The molecule has 1 aliphatic rings. The van der Waals surface area contributed by atoms with Gasteiger partial charge in [0.2, 0.25) is 0 Å². The summed E-state index contributed by atoms with van der Waals surface area (Å²) in [5.74, 6) is 0.373. The van der Waals surface area contributed by atoms with Crippen LogP contribution in [0.15, 0.2) is 24.3 Å². The first kappa shape index (κ1) is 17.0. The number of carbonyl (C=O) groups is 1. The summed E-state index contributed by atoms with van der Waals surface area (Å²) in [6, 6.07) is 8.44. The minimum atomic E-state index is -0.265. The van der Waals surface area contributed by atoms with Crippen molar-refractivity contribution in [2.24, 2.45) is 5.92 Å². The average molecular weight is 304 g/mol. The molecule has 0 bridgehead atoms. The van der Waals surface area contributed by atoms with Crippen LogP contribution in [0.1, 0.15) is 42.6 Å². The van der Waals surface area contributed by atoms with Gasteiger partial charge in [0.1, 0.15) is 0 Å². The van der Waals surface area contributed by atoms with Crippen molar-refractivity contribution in [3.8, 4) is 0 Å². The highest BCUT2D eigenvalue weighted by atomic mass is 16.5. The molecule has 1 aromatic rings. The van der Waals surface area contributed by atoms with E-state index in [-0.39, 0.29) is 5.97 Å². The molecule has 4 heteroatoms. The van der Waals surface area contributed by atoms with Crippen molar-refractivity contribution < 1.29 is 9.53 Å². The third-order valence-corrected chi connectivity index (χ3v) is 4.16. The first-order valence-corrected chi connectivity index (χ1v) is 8.22. The number of nitrogens with zero attached hydrogens (tertiary/aromatic N) is 1. The fraction of sp³-hybridized carbons (Fsp3) is 0.611. The summed E-state index contributed by atoms with van der Waals surface area (Å²) in [5.41, 5.74) is 1.82. The van der Waals surface area contributed by atoms with Crippen LogP contribution in [-0.4, -0.2) is 43.7 Å². The monoisotopic (exact) mass is 304 g/mol. The van der Waals surface area contributed by atoms with Crippen LogP contribution in [0.25, 0.3) is 0 Å². The zero-order valence-corrected chi connectivity index (χ0v) is 14.0. The highest BCUT2D eigenvalue weighted by Gasteiger charge is 2.22. The number of hydrogen-bond acceptors (Lipinski definition) is 4. The van der Waals surface area contributed by atoms with E-state index in [1.165, 1.54) is 25.5 Å². The summed E-state index contributed by atoms with van der Waals surface area (Å²) >= 11 is 0. The van der Waals surface area contributed by atoms with E-state index in [9.17, 15) is 4.79 Å². The number of benzene rings is 1. The average Bonchev–Trinajstić information content (AvgIpc) is 2.54. The van der Waals surface area contributed by atoms with Crippen LogP contribution in [0, 0.1) is 5.92 Å². The van der Waals surface area contributed by atoms with Gasteiger partial charge < -0.3 is 10.1 Å². The van der Waals surface area contributed by atoms with Crippen molar-refractivity contribution in [3.63, 3.8) is 0 Å². The maximum atomic E-state index is 11.7. The van der Waals surface area contributed by atoms with Crippen LogP contribution in [0.3, 0.4) is 0 Å². The molecule has 0 atom stereocenters. The SMILES string of the molecule is COC(=O)c1cccc(CN(CC(C)C)C2CCNCC2)c1. The third-order valence-electron chi connectivity index (χ3n) is 4.16. The Hall–Kier alpha value is -1.39. The van der Waals surface area contributed by atoms with Crippen LogP contribution in [0.2, 0.25) is 0 Å². The largest absolute Gasteiger partial charge is 0.465 e. The number of nitrogens with one attached hydrogen (secondary N) is 1. The molecular weight excluding hydrogens is 276 g/mol. The van der Waals surface area contributed by atoms with Crippen molar-refractivity contribution >= 4 is 5.97 Å². The van der Waals surface area contributed by atoms with E-state index in [0.717, 1.165) is 26.2 Å². The van der Waals surface area contributed by atoms with Gasteiger partial charge in [0.15, 0.2) is 0 Å². The predicted molar refractivity (Wildman–Crippen MR) is 88.9 cm³/mol. The molecule has 1 fully saturated rings. The lowest BCUT2D eigenvalue weighted by Crippen LogP contribution is -2.44. The Morgan fingerprint density at radius 3 is 2.73 bits per heavy atom. The fourth-order valence-corrected chi connectivity index (χ4v) is 3.13. The first-order valence-electron chi connectivity index (χ1n) is 8.22. The zero-order valence-electron chi connectivity index (χ0n) is 14.0. The number of hydrogen-bond donors (Lipinski definition) is 1. The maximum absolute atomic E-state index is 11.7. The van der Waals surface area contributed by atoms with Gasteiger partial charge in [-0.15, -0.1) is 0 Å². The molecular formula is C18H28N2O2. The van der Waals surface area contributed by atoms with E-state index in [1.807, 2.05) is 18.2 Å². The molecule has 4 nitrogen and oxygen atoms in total. The molecule has 1 saturated heterocycles. The number of piperidine rings is 1. The van der Waals surface area contributed by atoms with Crippen molar-refractivity contribution in [3.05, 3.63) is 35.4 Å². The van der Waals surface area contributed by atoms with E-state index in [4.69, 9.17) is 4.74 Å². The van der Waals surface area contributed by atoms with Gasteiger partial charge in [-0.1, -0.05) is 26.0 Å². The summed E-state index contributed by atoms with van der Waals surface area (Å²) < 4.78 is 4.82. The normalized spacial score (nSPS) is 16.2. The highest BCUT2D eigenvalue weighted by molar-refractivity contribution is 5.89. The second-order valence-corrected chi connectivity index (χ2v) is 6.50. The molecule has 0 radical (unpaired) electrons. The maximum Gasteiger partial charge on any atom is 0.337 e. The van der Waals surface area contributed by atoms with Crippen molar-refractivity contribution in [1.29, 1.82) is 0 Å². The Morgan fingerprint density at radius 1 is 1.36 bits per heavy atom. The smallest absolute Gasteiger partial charge is 0.337 e. The lowest BCUT2D eigenvalue weighted by Gasteiger charge is -2.36. The summed E-state index contributed by atoms with van der Waals surface area (Å²) in [6.45, 7) is 8.71. The van der Waals surface area contributed by atoms with Gasteiger partial charge in [0.05, 0.1) is 12.7 Å². The number of ether oxygens (including phenoxy) is 1. The molecule has 2 rings (SSSR count). The van der Waals surface area contributed by atoms with Crippen LogP contribution >= 0.6 is 0 Å². The minimum Gasteiger partial charge on any atom is -0.465 e. The Kier molecular flexibility index (Phi) is 6.40.